The number of hydrogen-bond acceptors (Lipinski definition) is 3. The molecule has 1 unspecified atom stereocenters. The molecule has 3 aliphatic rings. The standard InChI is InChI=1S/C22H33N3O/c26-21(20-15-22(20)9-11-23-12-10-22)24-16-18-7-3-4-8-19(18)17-25-13-5-1-2-6-14-25/h3-4,7-8,20,23H,1-2,5-6,9-17H2,(H,24,26). The van der Waals surface area contributed by atoms with Crippen LogP contribution < -0.4 is 10.6 Å². The van der Waals surface area contributed by atoms with Crippen molar-refractivity contribution in [3.63, 3.8) is 0 Å². The van der Waals surface area contributed by atoms with Crippen molar-refractivity contribution < 1.29 is 4.79 Å². The first-order chi connectivity index (χ1) is 12.8. The molecule has 1 saturated carbocycles. The van der Waals surface area contributed by atoms with Gasteiger partial charge in [-0.2, -0.15) is 0 Å². The molecular formula is C22H33N3O. The van der Waals surface area contributed by atoms with Gasteiger partial charge in [-0.15, -0.1) is 0 Å². The van der Waals surface area contributed by atoms with Gasteiger partial charge >= 0.3 is 0 Å². The van der Waals surface area contributed by atoms with E-state index in [2.05, 4.69) is 39.8 Å². The largest absolute Gasteiger partial charge is 0.352 e. The number of carbonyl (C=O) groups excluding carboxylic acids is 1. The predicted octanol–water partition coefficient (Wildman–Crippen LogP) is 3.07. The fraction of sp³-hybridized carbons (Fsp3) is 0.682. The molecule has 0 radical (unpaired) electrons. The van der Waals surface area contributed by atoms with Crippen LogP contribution in [-0.4, -0.2) is 37.0 Å². The van der Waals surface area contributed by atoms with Crippen molar-refractivity contribution in [3.8, 4) is 0 Å². The number of piperidine rings is 1. The van der Waals surface area contributed by atoms with Crippen LogP contribution in [0.25, 0.3) is 0 Å². The molecule has 2 heterocycles. The van der Waals surface area contributed by atoms with Gasteiger partial charge in [-0.05, 0) is 74.8 Å². The molecule has 1 amide bonds. The van der Waals surface area contributed by atoms with Crippen LogP contribution in [0.2, 0.25) is 0 Å². The molecular weight excluding hydrogens is 322 g/mol. The second kappa shape index (κ2) is 8.10. The monoisotopic (exact) mass is 355 g/mol. The summed E-state index contributed by atoms with van der Waals surface area (Å²) in [5.41, 5.74) is 2.98. The smallest absolute Gasteiger partial charge is 0.223 e. The summed E-state index contributed by atoms with van der Waals surface area (Å²) in [5, 5.41) is 6.66. The van der Waals surface area contributed by atoms with E-state index in [-0.39, 0.29) is 11.8 Å². The van der Waals surface area contributed by atoms with Crippen LogP contribution in [0, 0.1) is 11.3 Å². The van der Waals surface area contributed by atoms with E-state index in [0.717, 1.165) is 38.9 Å². The molecule has 2 N–H and O–H groups in total. The minimum absolute atomic E-state index is 0.252. The van der Waals surface area contributed by atoms with E-state index in [9.17, 15) is 4.79 Å². The lowest BCUT2D eigenvalue weighted by Crippen LogP contribution is -2.33. The highest BCUT2D eigenvalue weighted by Crippen LogP contribution is 2.58. The van der Waals surface area contributed by atoms with E-state index in [4.69, 9.17) is 0 Å². The Hall–Kier alpha value is -1.39. The van der Waals surface area contributed by atoms with Crippen LogP contribution in [-0.2, 0) is 17.9 Å². The number of carbonyl (C=O) groups is 1. The zero-order valence-electron chi connectivity index (χ0n) is 15.9. The van der Waals surface area contributed by atoms with Gasteiger partial charge in [0.25, 0.3) is 0 Å². The molecule has 1 aromatic carbocycles. The molecule has 1 aromatic rings. The highest BCUT2D eigenvalue weighted by atomic mass is 16.2. The molecule has 1 spiro atoms. The second-order valence-corrected chi connectivity index (χ2v) is 8.55. The molecule has 1 aliphatic carbocycles. The Bertz CT molecular complexity index is 616. The van der Waals surface area contributed by atoms with Gasteiger partial charge in [-0.25, -0.2) is 0 Å². The highest BCUT2D eigenvalue weighted by Gasteiger charge is 2.57. The summed E-state index contributed by atoms with van der Waals surface area (Å²) in [6.45, 7) is 6.25. The third kappa shape index (κ3) is 4.12. The average molecular weight is 356 g/mol. The predicted molar refractivity (Wildman–Crippen MR) is 105 cm³/mol. The molecule has 0 bridgehead atoms. The minimum Gasteiger partial charge on any atom is -0.352 e. The van der Waals surface area contributed by atoms with E-state index < -0.39 is 0 Å². The van der Waals surface area contributed by atoms with E-state index in [1.54, 1.807) is 0 Å². The van der Waals surface area contributed by atoms with Crippen LogP contribution in [0.3, 0.4) is 0 Å². The van der Waals surface area contributed by atoms with Crippen molar-refractivity contribution in [1.29, 1.82) is 0 Å². The number of likely N-dealkylation sites (tertiary alicyclic amines) is 1. The zero-order valence-corrected chi connectivity index (χ0v) is 15.9. The maximum absolute atomic E-state index is 12.7. The van der Waals surface area contributed by atoms with Gasteiger partial charge in [0, 0.05) is 19.0 Å². The van der Waals surface area contributed by atoms with Crippen LogP contribution in [0.1, 0.15) is 56.1 Å². The quantitative estimate of drug-likeness (QED) is 0.853. The molecule has 4 rings (SSSR count). The van der Waals surface area contributed by atoms with Gasteiger partial charge in [-0.1, -0.05) is 37.1 Å². The summed E-state index contributed by atoms with van der Waals surface area (Å²) in [7, 11) is 0. The molecule has 26 heavy (non-hydrogen) atoms. The second-order valence-electron chi connectivity index (χ2n) is 8.55. The first-order valence-electron chi connectivity index (χ1n) is 10.5. The summed E-state index contributed by atoms with van der Waals surface area (Å²) in [6.07, 6.45) is 8.79. The molecule has 3 fully saturated rings. The zero-order chi connectivity index (χ0) is 17.8. The Labute approximate surface area is 157 Å². The molecule has 2 aliphatic heterocycles. The van der Waals surface area contributed by atoms with Gasteiger partial charge in [0.05, 0.1) is 0 Å². The van der Waals surface area contributed by atoms with Crippen molar-refractivity contribution in [2.45, 2.75) is 58.0 Å². The van der Waals surface area contributed by atoms with Gasteiger partial charge in [0.15, 0.2) is 0 Å². The lowest BCUT2D eigenvalue weighted by Gasteiger charge is -2.23. The molecule has 142 valence electrons. The molecule has 1 atom stereocenters. The summed E-state index contributed by atoms with van der Waals surface area (Å²) < 4.78 is 0. The Morgan fingerprint density at radius 1 is 1.08 bits per heavy atom. The van der Waals surface area contributed by atoms with E-state index in [0.29, 0.717) is 12.0 Å². The maximum atomic E-state index is 12.7. The Kier molecular flexibility index (Phi) is 5.60. The fourth-order valence-corrected chi connectivity index (χ4v) is 4.92. The number of nitrogens with zero attached hydrogens (tertiary/aromatic N) is 1. The normalized spacial score (nSPS) is 25.6. The Balaban J connectivity index is 1.32. The third-order valence-electron chi connectivity index (χ3n) is 6.77. The summed E-state index contributed by atoms with van der Waals surface area (Å²) in [4.78, 5) is 15.2. The van der Waals surface area contributed by atoms with Crippen molar-refractivity contribution in [2.75, 3.05) is 26.2 Å². The number of hydrogen-bond donors (Lipinski definition) is 2. The summed E-state index contributed by atoms with van der Waals surface area (Å²) in [6, 6.07) is 8.64. The highest BCUT2D eigenvalue weighted by molar-refractivity contribution is 5.82. The summed E-state index contributed by atoms with van der Waals surface area (Å²) >= 11 is 0. The van der Waals surface area contributed by atoms with Crippen molar-refractivity contribution in [2.24, 2.45) is 11.3 Å². The van der Waals surface area contributed by atoms with Gasteiger partial charge < -0.3 is 10.6 Å². The minimum atomic E-state index is 0.252. The van der Waals surface area contributed by atoms with Gasteiger partial charge in [0.2, 0.25) is 5.91 Å². The van der Waals surface area contributed by atoms with Crippen molar-refractivity contribution in [3.05, 3.63) is 35.4 Å². The average Bonchev–Trinajstić information content (AvgIpc) is 3.42. The first-order valence-corrected chi connectivity index (χ1v) is 10.5. The fourth-order valence-electron chi connectivity index (χ4n) is 4.92. The SMILES string of the molecule is O=C(NCc1ccccc1CN1CCCCCC1)C1CC12CCNCC2. The number of amides is 1. The third-order valence-corrected chi connectivity index (χ3v) is 6.77. The number of benzene rings is 1. The molecule has 4 nitrogen and oxygen atoms in total. The van der Waals surface area contributed by atoms with Crippen LogP contribution in [0.5, 0.6) is 0 Å². The topological polar surface area (TPSA) is 44.4 Å². The number of rotatable bonds is 5. The van der Waals surface area contributed by atoms with E-state index in [1.807, 2.05) is 0 Å². The lowest BCUT2D eigenvalue weighted by molar-refractivity contribution is -0.123. The lowest BCUT2D eigenvalue weighted by atomic mass is 9.92. The van der Waals surface area contributed by atoms with Crippen LogP contribution in [0.15, 0.2) is 24.3 Å². The molecule has 0 aromatic heterocycles. The van der Waals surface area contributed by atoms with E-state index >= 15 is 0 Å². The Morgan fingerprint density at radius 3 is 2.50 bits per heavy atom. The first kappa shape index (κ1) is 18.0. The van der Waals surface area contributed by atoms with E-state index in [1.165, 1.54) is 49.9 Å². The maximum Gasteiger partial charge on any atom is 0.223 e. The van der Waals surface area contributed by atoms with Crippen LogP contribution >= 0.6 is 0 Å². The van der Waals surface area contributed by atoms with Gasteiger partial charge in [-0.3, -0.25) is 9.69 Å². The van der Waals surface area contributed by atoms with Gasteiger partial charge in [0.1, 0.15) is 0 Å². The number of nitrogens with one attached hydrogen (secondary N) is 2. The van der Waals surface area contributed by atoms with Crippen molar-refractivity contribution >= 4 is 5.91 Å². The summed E-state index contributed by atoms with van der Waals surface area (Å²) in [5.74, 6) is 0.527. The molecule has 4 heteroatoms. The Morgan fingerprint density at radius 2 is 1.77 bits per heavy atom. The van der Waals surface area contributed by atoms with Crippen LogP contribution in [0.4, 0.5) is 0 Å². The van der Waals surface area contributed by atoms with Crippen molar-refractivity contribution in [1.82, 2.24) is 15.5 Å². The molecule has 2 saturated heterocycles.